The lowest BCUT2D eigenvalue weighted by molar-refractivity contribution is -0.146. The van der Waals surface area contributed by atoms with Crippen LogP contribution in [0, 0.1) is 0 Å². The molecule has 1 saturated heterocycles. The third-order valence-electron chi connectivity index (χ3n) is 2.54. The van der Waals surface area contributed by atoms with E-state index in [0.717, 1.165) is 13.0 Å². The molecule has 0 saturated carbocycles. The summed E-state index contributed by atoms with van der Waals surface area (Å²) in [6.07, 6.45) is -3.81. The number of nitrogens with zero attached hydrogens (tertiary/aromatic N) is 2. The minimum absolute atomic E-state index is 0.0693. The van der Waals surface area contributed by atoms with E-state index in [1.807, 2.05) is 6.92 Å². The molecule has 7 heteroatoms. The predicted molar refractivity (Wildman–Crippen MR) is 44.1 cm³/mol. The Labute approximate surface area is 83.8 Å². The lowest BCUT2D eigenvalue weighted by Gasteiger charge is -2.08. The van der Waals surface area contributed by atoms with Crippen LogP contribution in [0.2, 0.25) is 0 Å². The Morgan fingerprint density at radius 1 is 1.47 bits per heavy atom. The highest BCUT2D eigenvalue weighted by Gasteiger charge is 2.39. The number of halogens is 3. The minimum atomic E-state index is -4.53. The van der Waals surface area contributed by atoms with Gasteiger partial charge in [0.25, 0.3) is 5.82 Å². The lowest BCUT2D eigenvalue weighted by Crippen LogP contribution is -2.21. The highest BCUT2D eigenvalue weighted by Crippen LogP contribution is 2.30. The number of alkyl halides is 3. The normalized spacial score (nSPS) is 27.2. The molecule has 0 spiro atoms. The first kappa shape index (κ1) is 10.4. The number of rotatable bonds is 1. The molecular formula is C8H10F3N3O. The van der Waals surface area contributed by atoms with E-state index in [1.54, 1.807) is 0 Å². The van der Waals surface area contributed by atoms with Gasteiger partial charge in [-0.15, -0.1) is 0 Å². The third-order valence-corrected chi connectivity index (χ3v) is 2.54. The molecule has 1 aromatic heterocycles. The van der Waals surface area contributed by atoms with E-state index in [1.165, 1.54) is 0 Å². The van der Waals surface area contributed by atoms with Crippen molar-refractivity contribution < 1.29 is 17.7 Å². The van der Waals surface area contributed by atoms with Crippen LogP contribution in [0.5, 0.6) is 0 Å². The summed E-state index contributed by atoms with van der Waals surface area (Å²) in [5.41, 5.74) is 0. The zero-order valence-electron chi connectivity index (χ0n) is 8.01. The fourth-order valence-electron chi connectivity index (χ4n) is 1.70. The smallest absolute Gasteiger partial charge is 0.339 e. The molecule has 0 amide bonds. The van der Waals surface area contributed by atoms with Crippen molar-refractivity contribution in [1.82, 2.24) is 15.5 Å². The monoisotopic (exact) mass is 221 g/mol. The molecule has 84 valence electrons. The molecule has 1 aliphatic heterocycles. The van der Waals surface area contributed by atoms with Gasteiger partial charge >= 0.3 is 6.18 Å². The SMILES string of the molecule is CC1NCCC1c1nc(C(F)(F)F)no1. The van der Waals surface area contributed by atoms with E-state index >= 15 is 0 Å². The molecule has 2 unspecified atom stereocenters. The van der Waals surface area contributed by atoms with Crippen LogP contribution < -0.4 is 5.32 Å². The van der Waals surface area contributed by atoms with Gasteiger partial charge in [-0.1, -0.05) is 5.16 Å². The van der Waals surface area contributed by atoms with Crippen molar-refractivity contribution in [2.75, 3.05) is 6.54 Å². The molecule has 0 aliphatic carbocycles. The summed E-state index contributed by atoms with van der Waals surface area (Å²) in [5, 5.41) is 6.03. The van der Waals surface area contributed by atoms with Crippen molar-refractivity contribution in [3.05, 3.63) is 11.7 Å². The average molecular weight is 221 g/mol. The second kappa shape index (κ2) is 3.48. The van der Waals surface area contributed by atoms with E-state index in [2.05, 4.69) is 20.0 Å². The van der Waals surface area contributed by atoms with Gasteiger partial charge in [0.05, 0.1) is 5.92 Å². The van der Waals surface area contributed by atoms with Gasteiger partial charge in [0.2, 0.25) is 5.89 Å². The topological polar surface area (TPSA) is 51.0 Å². The molecule has 2 rings (SSSR count). The summed E-state index contributed by atoms with van der Waals surface area (Å²) in [4.78, 5) is 3.37. The second-order valence-electron chi connectivity index (χ2n) is 3.59. The van der Waals surface area contributed by atoms with E-state index in [4.69, 9.17) is 0 Å². The molecule has 0 aromatic carbocycles. The van der Waals surface area contributed by atoms with Gasteiger partial charge < -0.3 is 9.84 Å². The van der Waals surface area contributed by atoms with Crippen molar-refractivity contribution in [2.45, 2.75) is 31.5 Å². The summed E-state index contributed by atoms with van der Waals surface area (Å²) in [6, 6.07) is 0.0755. The predicted octanol–water partition coefficient (Wildman–Crippen LogP) is 1.55. The maximum absolute atomic E-state index is 12.2. The number of hydrogen-bond donors (Lipinski definition) is 1. The molecule has 1 fully saturated rings. The van der Waals surface area contributed by atoms with Crippen molar-refractivity contribution >= 4 is 0 Å². The van der Waals surface area contributed by atoms with E-state index in [-0.39, 0.29) is 17.9 Å². The van der Waals surface area contributed by atoms with Crippen LogP contribution in [0.3, 0.4) is 0 Å². The Kier molecular flexibility index (Phi) is 2.41. The molecule has 4 nitrogen and oxygen atoms in total. The molecule has 0 bridgehead atoms. The van der Waals surface area contributed by atoms with Gasteiger partial charge in [0.1, 0.15) is 0 Å². The summed E-state index contributed by atoms with van der Waals surface area (Å²) >= 11 is 0. The highest BCUT2D eigenvalue weighted by atomic mass is 19.4. The largest absolute Gasteiger partial charge is 0.455 e. The van der Waals surface area contributed by atoms with E-state index in [0.29, 0.717) is 0 Å². The van der Waals surface area contributed by atoms with Gasteiger partial charge in [-0.3, -0.25) is 0 Å². The third kappa shape index (κ3) is 1.97. The van der Waals surface area contributed by atoms with Crippen LogP contribution in [-0.4, -0.2) is 22.7 Å². The average Bonchev–Trinajstić information content (AvgIpc) is 2.69. The highest BCUT2D eigenvalue weighted by molar-refractivity contribution is 5.03. The molecule has 1 aromatic rings. The fraction of sp³-hybridized carbons (Fsp3) is 0.750. The second-order valence-corrected chi connectivity index (χ2v) is 3.59. The van der Waals surface area contributed by atoms with Gasteiger partial charge in [-0.25, -0.2) is 0 Å². The van der Waals surface area contributed by atoms with Crippen molar-refractivity contribution in [3.63, 3.8) is 0 Å². The van der Waals surface area contributed by atoms with Gasteiger partial charge in [0, 0.05) is 6.04 Å². The Hall–Kier alpha value is -1.11. The first-order valence-electron chi connectivity index (χ1n) is 4.62. The van der Waals surface area contributed by atoms with Crippen LogP contribution in [0.1, 0.15) is 31.0 Å². The molecular weight excluding hydrogens is 211 g/mol. The molecule has 15 heavy (non-hydrogen) atoms. The number of nitrogens with one attached hydrogen (secondary N) is 1. The van der Waals surface area contributed by atoms with Crippen LogP contribution >= 0.6 is 0 Å². The van der Waals surface area contributed by atoms with Crippen LogP contribution in [0.15, 0.2) is 4.52 Å². The van der Waals surface area contributed by atoms with E-state index in [9.17, 15) is 13.2 Å². The van der Waals surface area contributed by atoms with Gasteiger partial charge in [0.15, 0.2) is 0 Å². The summed E-state index contributed by atoms with van der Waals surface area (Å²) in [6.45, 7) is 2.64. The molecule has 0 radical (unpaired) electrons. The maximum Gasteiger partial charge on any atom is 0.455 e. The van der Waals surface area contributed by atoms with Gasteiger partial charge in [-0.2, -0.15) is 18.2 Å². The molecule has 2 atom stereocenters. The zero-order valence-corrected chi connectivity index (χ0v) is 8.01. The lowest BCUT2D eigenvalue weighted by atomic mass is 10.0. The van der Waals surface area contributed by atoms with Crippen LogP contribution in [0.25, 0.3) is 0 Å². The number of hydrogen-bond acceptors (Lipinski definition) is 4. The Morgan fingerprint density at radius 3 is 2.67 bits per heavy atom. The van der Waals surface area contributed by atoms with Crippen LogP contribution in [-0.2, 0) is 6.18 Å². The molecule has 1 N–H and O–H groups in total. The van der Waals surface area contributed by atoms with Crippen molar-refractivity contribution in [2.24, 2.45) is 0 Å². The Bertz CT molecular complexity index is 349. The summed E-state index contributed by atoms with van der Waals surface area (Å²) in [7, 11) is 0. The van der Waals surface area contributed by atoms with E-state index < -0.39 is 12.0 Å². The Balaban J connectivity index is 2.20. The first-order valence-corrected chi connectivity index (χ1v) is 4.62. The summed E-state index contributed by atoms with van der Waals surface area (Å²) < 4.78 is 41.2. The molecule has 2 heterocycles. The quantitative estimate of drug-likeness (QED) is 0.781. The fourth-order valence-corrected chi connectivity index (χ4v) is 1.70. The molecule has 1 aliphatic rings. The summed E-state index contributed by atoms with van der Waals surface area (Å²) in [5.74, 6) is -1.25. The number of aromatic nitrogens is 2. The van der Waals surface area contributed by atoms with Crippen molar-refractivity contribution in [3.8, 4) is 0 Å². The maximum atomic E-state index is 12.2. The first-order chi connectivity index (χ1) is 6.98. The van der Waals surface area contributed by atoms with Crippen LogP contribution in [0.4, 0.5) is 13.2 Å². The Morgan fingerprint density at radius 2 is 2.20 bits per heavy atom. The zero-order chi connectivity index (χ0) is 11.1. The van der Waals surface area contributed by atoms with Gasteiger partial charge in [-0.05, 0) is 19.9 Å². The standard InChI is InChI=1S/C8H10F3N3O/c1-4-5(2-3-12-4)6-13-7(14-15-6)8(9,10)11/h4-5,12H,2-3H2,1H3. The minimum Gasteiger partial charge on any atom is -0.339 e. The van der Waals surface area contributed by atoms with Crippen molar-refractivity contribution in [1.29, 1.82) is 0 Å².